The third-order valence-corrected chi connectivity index (χ3v) is 5.87. The van der Waals surface area contributed by atoms with Gasteiger partial charge in [0.05, 0.1) is 18.0 Å². The quantitative estimate of drug-likeness (QED) is 0.708. The van der Waals surface area contributed by atoms with E-state index in [-0.39, 0.29) is 11.9 Å². The van der Waals surface area contributed by atoms with E-state index in [9.17, 15) is 9.59 Å². The van der Waals surface area contributed by atoms with Crippen molar-refractivity contribution in [3.05, 3.63) is 59.8 Å². The number of aromatic nitrogens is 1. The van der Waals surface area contributed by atoms with E-state index in [1.807, 2.05) is 32.0 Å². The van der Waals surface area contributed by atoms with Gasteiger partial charge in [0.2, 0.25) is 0 Å². The summed E-state index contributed by atoms with van der Waals surface area (Å²) >= 11 is 0. The molecular formula is C22H21N3O3. The van der Waals surface area contributed by atoms with Crippen LogP contribution in [0.15, 0.2) is 48.5 Å². The van der Waals surface area contributed by atoms with Crippen LogP contribution in [0.1, 0.15) is 25.1 Å². The van der Waals surface area contributed by atoms with Gasteiger partial charge in [-0.25, -0.2) is 9.69 Å². The van der Waals surface area contributed by atoms with E-state index in [0.717, 1.165) is 28.6 Å². The number of hydrogen-bond donors (Lipinski definition) is 1. The largest absolute Gasteiger partial charge is 0.494 e. The molecule has 1 N–H and O–H groups in total. The fraction of sp³-hybridized carbons (Fsp3) is 0.273. The van der Waals surface area contributed by atoms with Gasteiger partial charge in [-0.3, -0.25) is 4.79 Å². The van der Waals surface area contributed by atoms with Crippen LogP contribution in [-0.4, -0.2) is 35.0 Å². The zero-order chi connectivity index (χ0) is 19.5. The SMILES string of the molecule is CCOc1ccc(N2C(=O)N3CCc4c([nH]c5ccccc45)[C@@]3(C)C2=O)cc1. The minimum Gasteiger partial charge on any atom is -0.494 e. The molecule has 28 heavy (non-hydrogen) atoms. The number of aromatic amines is 1. The molecule has 3 amide bonds. The molecule has 1 atom stereocenters. The molecule has 0 bridgehead atoms. The minimum absolute atomic E-state index is 0.228. The van der Waals surface area contributed by atoms with Gasteiger partial charge in [0, 0.05) is 17.4 Å². The van der Waals surface area contributed by atoms with Gasteiger partial charge in [0.25, 0.3) is 5.91 Å². The smallest absolute Gasteiger partial charge is 0.332 e. The molecule has 6 heteroatoms. The number of nitrogens with one attached hydrogen (secondary N) is 1. The predicted molar refractivity (Wildman–Crippen MR) is 107 cm³/mol. The fourth-order valence-corrected chi connectivity index (χ4v) is 4.48. The van der Waals surface area contributed by atoms with E-state index >= 15 is 0 Å². The number of carbonyl (C=O) groups excluding carboxylic acids is 2. The van der Waals surface area contributed by atoms with Crippen molar-refractivity contribution >= 4 is 28.5 Å². The van der Waals surface area contributed by atoms with Crippen LogP contribution in [-0.2, 0) is 16.8 Å². The summed E-state index contributed by atoms with van der Waals surface area (Å²) in [5.41, 5.74) is 2.49. The average molecular weight is 375 g/mol. The van der Waals surface area contributed by atoms with Crippen LogP contribution >= 0.6 is 0 Å². The molecule has 5 rings (SSSR count). The number of ether oxygens (including phenoxy) is 1. The van der Waals surface area contributed by atoms with Crippen LogP contribution in [0.2, 0.25) is 0 Å². The van der Waals surface area contributed by atoms with Crippen molar-refractivity contribution in [1.29, 1.82) is 0 Å². The lowest BCUT2D eigenvalue weighted by Gasteiger charge is -2.35. The van der Waals surface area contributed by atoms with Gasteiger partial charge in [-0.2, -0.15) is 0 Å². The monoisotopic (exact) mass is 375 g/mol. The van der Waals surface area contributed by atoms with Gasteiger partial charge in [-0.15, -0.1) is 0 Å². The first-order valence-corrected chi connectivity index (χ1v) is 9.54. The van der Waals surface area contributed by atoms with Crippen LogP contribution in [0.4, 0.5) is 10.5 Å². The van der Waals surface area contributed by atoms with Gasteiger partial charge in [0.1, 0.15) is 5.75 Å². The summed E-state index contributed by atoms with van der Waals surface area (Å²) in [6, 6.07) is 14.9. The molecule has 2 aliphatic rings. The first-order chi connectivity index (χ1) is 13.6. The summed E-state index contributed by atoms with van der Waals surface area (Å²) in [4.78, 5) is 33.1. The lowest BCUT2D eigenvalue weighted by atomic mass is 9.87. The Morgan fingerprint density at radius 3 is 2.61 bits per heavy atom. The number of imide groups is 1. The van der Waals surface area contributed by atoms with Crippen LogP contribution in [0.5, 0.6) is 5.75 Å². The van der Waals surface area contributed by atoms with Crippen molar-refractivity contribution in [2.75, 3.05) is 18.1 Å². The number of urea groups is 1. The summed E-state index contributed by atoms with van der Waals surface area (Å²) in [7, 11) is 0. The molecule has 3 heterocycles. The van der Waals surface area contributed by atoms with Crippen molar-refractivity contribution < 1.29 is 14.3 Å². The summed E-state index contributed by atoms with van der Waals surface area (Å²) in [6.45, 7) is 4.84. The predicted octanol–water partition coefficient (Wildman–Crippen LogP) is 3.81. The van der Waals surface area contributed by atoms with Gasteiger partial charge >= 0.3 is 6.03 Å². The van der Waals surface area contributed by atoms with Crippen molar-refractivity contribution in [3.63, 3.8) is 0 Å². The third-order valence-electron chi connectivity index (χ3n) is 5.87. The number of hydrogen-bond acceptors (Lipinski definition) is 3. The van der Waals surface area contributed by atoms with Gasteiger partial charge in [0.15, 0.2) is 5.54 Å². The maximum atomic E-state index is 13.5. The second kappa shape index (κ2) is 5.86. The molecule has 2 aromatic carbocycles. The number of carbonyl (C=O) groups is 2. The van der Waals surface area contributed by atoms with Crippen molar-refractivity contribution in [2.45, 2.75) is 25.8 Å². The molecule has 2 aliphatic heterocycles. The van der Waals surface area contributed by atoms with E-state index < -0.39 is 5.54 Å². The van der Waals surface area contributed by atoms with E-state index in [1.165, 1.54) is 4.90 Å². The van der Waals surface area contributed by atoms with Gasteiger partial charge in [-0.1, -0.05) is 18.2 Å². The Bertz CT molecular complexity index is 1100. The number of rotatable bonds is 3. The molecule has 0 radical (unpaired) electrons. The van der Waals surface area contributed by atoms with E-state index in [0.29, 0.717) is 24.6 Å². The topological polar surface area (TPSA) is 65.6 Å². The lowest BCUT2D eigenvalue weighted by molar-refractivity contribution is -0.125. The maximum absolute atomic E-state index is 13.5. The van der Waals surface area contributed by atoms with E-state index in [2.05, 4.69) is 11.1 Å². The first kappa shape index (κ1) is 16.9. The van der Waals surface area contributed by atoms with Crippen molar-refractivity contribution in [1.82, 2.24) is 9.88 Å². The summed E-state index contributed by atoms with van der Waals surface area (Å²) < 4.78 is 5.47. The Labute approximate surface area is 162 Å². The highest BCUT2D eigenvalue weighted by atomic mass is 16.5. The standard InChI is InChI=1S/C22H21N3O3/c1-3-28-15-10-8-14(9-11-15)25-20(26)22(2)19-17(12-13-24(22)21(25)27)16-6-4-5-7-18(16)23-19/h4-11,23H,3,12-13H2,1-2H3/t22-/m0/s1. The second-order valence-electron chi connectivity index (χ2n) is 7.35. The molecule has 1 saturated heterocycles. The molecular weight excluding hydrogens is 354 g/mol. The van der Waals surface area contributed by atoms with Crippen LogP contribution in [0.25, 0.3) is 10.9 Å². The van der Waals surface area contributed by atoms with Crippen molar-refractivity contribution in [2.24, 2.45) is 0 Å². The normalized spacial score (nSPS) is 21.2. The fourth-order valence-electron chi connectivity index (χ4n) is 4.48. The molecule has 6 nitrogen and oxygen atoms in total. The number of H-pyrrole nitrogens is 1. The Kier molecular flexibility index (Phi) is 3.53. The Hall–Kier alpha value is -3.28. The van der Waals surface area contributed by atoms with Crippen LogP contribution in [0, 0.1) is 0 Å². The Morgan fingerprint density at radius 2 is 1.86 bits per heavy atom. The second-order valence-corrected chi connectivity index (χ2v) is 7.35. The molecule has 0 spiro atoms. The highest BCUT2D eigenvalue weighted by Crippen LogP contribution is 2.45. The molecule has 142 valence electrons. The number of amides is 3. The average Bonchev–Trinajstić information content (AvgIpc) is 3.18. The number of nitrogens with zero attached hydrogens (tertiary/aromatic N) is 2. The van der Waals surface area contributed by atoms with E-state index in [1.54, 1.807) is 29.2 Å². The van der Waals surface area contributed by atoms with Crippen molar-refractivity contribution in [3.8, 4) is 5.75 Å². The Morgan fingerprint density at radius 1 is 1.11 bits per heavy atom. The van der Waals surface area contributed by atoms with Gasteiger partial charge in [-0.05, 0) is 56.2 Å². The molecule has 3 aromatic rings. The number of anilines is 1. The number of para-hydroxylation sites is 1. The highest BCUT2D eigenvalue weighted by molar-refractivity contribution is 6.23. The molecule has 0 unspecified atom stereocenters. The van der Waals surface area contributed by atoms with E-state index in [4.69, 9.17) is 4.74 Å². The number of fused-ring (bicyclic) bond motifs is 5. The Balaban J connectivity index is 1.61. The summed E-state index contributed by atoms with van der Waals surface area (Å²) in [5, 5.41) is 1.12. The summed E-state index contributed by atoms with van der Waals surface area (Å²) in [6.07, 6.45) is 0.727. The lowest BCUT2D eigenvalue weighted by Crippen LogP contribution is -2.49. The minimum atomic E-state index is -1.03. The van der Waals surface area contributed by atoms with Gasteiger partial charge < -0.3 is 14.6 Å². The zero-order valence-electron chi connectivity index (χ0n) is 15.9. The molecule has 0 saturated carbocycles. The summed E-state index contributed by atoms with van der Waals surface area (Å²) in [5.74, 6) is 0.487. The van der Waals surface area contributed by atoms with Crippen LogP contribution in [0.3, 0.4) is 0 Å². The maximum Gasteiger partial charge on any atom is 0.332 e. The third kappa shape index (κ3) is 2.08. The van der Waals surface area contributed by atoms with Crippen LogP contribution < -0.4 is 9.64 Å². The first-order valence-electron chi connectivity index (χ1n) is 9.54. The molecule has 0 aliphatic carbocycles. The highest BCUT2D eigenvalue weighted by Gasteiger charge is 2.58. The number of benzene rings is 2. The zero-order valence-corrected chi connectivity index (χ0v) is 15.9. The molecule has 1 fully saturated rings. The molecule has 1 aromatic heterocycles.